The van der Waals surface area contributed by atoms with Crippen molar-refractivity contribution in [3.05, 3.63) is 23.3 Å². The summed E-state index contributed by atoms with van der Waals surface area (Å²) in [6.07, 6.45) is 3.84. The average molecular weight is 262 g/mol. The molecule has 0 aliphatic carbocycles. The molecule has 106 valence electrons. The number of nitrogens with one attached hydrogen (secondary N) is 1. The SMILES string of the molecule is COc1c(C)cc(C)cc1N(C)CCC1CCCN1. The van der Waals surface area contributed by atoms with Crippen LogP contribution in [0, 0.1) is 13.8 Å². The number of hydrogen-bond donors (Lipinski definition) is 1. The van der Waals surface area contributed by atoms with E-state index in [0.29, 0.717) is 6.04 Å². The summed E-state index contributed by atoms with van der Waals surface area (Å²) in [5.74, 6) is 1.01. The molecule has 0 amide bonds. The van der Waals surface area contributed by atoms with Crippen LogP contribution in [-0.2, 0) is 0 Å². The van der Waals surface area contributed by atoms with Gasteiger partial charge in [-0.05, 0) is 56.8 Å². The molecule has 0 radical (unpaired) electrons. The van der Waals surface area contributed by atoms with Gasteiger partial charge in [0, 0.05) is 19.6 Å². The summed E-state index contributed by atoms with van der Waals surface area (Å²) in [4.78, 5) is 2.32. The minimum absolute atomic E-state index is 0.694. The van der Waals surface area contributed by atoms with Crippen molar-refractivity contribution < 1.29 is 4.74 Å². The maximum atomic E-state index is 5.57. The first-order chi connectivity index (χ1) is 9.11. The van der Waals surface area contributed by atoms with Gasteiger partial charge in [-0.15, -0.1) is 0 Å². The number of methoxy groups -OCH3 is 1. The lowest BCUT2D eigenvalue weighted by Gasteiger charge is -2.25. The smallest absolute Gasteiger partial charge is 0.145 e. The highest BCUT2D eigenvalue weighted by Crippen LogP contribution is 2.32. The van der Waals surface area contributed by atoms with Crippen molar-refractivity contribution in [2.45, 2.75) is 39.2 Å². The van der Waals surface area contributed by atoms with E-state index in [9.17, 15) is 0 Å². The van der Waals surface area contributed by atoms with Crippen LogP contribution < -0.4 is 15.0 Å². The molecule has 19 heavy (non-hydrogen) atoms. The van der Waals surface area contributed by atoms with Gasteiger partial charge in [0.25, 0.3) is 0 Å². The van der Waals surface area contributed by atoms with E-state index in [1.165, 1.54) is 42.6 Å². The van der Waals surface area contributed by atoms with E-state index in [1.54, 1.807) is 7.11 Å². The molecule has 0 bridgehead atoms. The molecule has 1 aromatic carbocycles. The zero-order chi connectivity index (χ0) is 13.8. The molecule has 2 rings (SSSR count). The van der Waals surface area contributed by atoms with Crippen molar-refractivity contribution in [2.24, 2.45) is 0 Å². The van der Waals surface area contributed by atoms with E-state index in [0.717, 1.165) is 12.3 Å². The number of nitrogens with zero attached hydrogens (tertiary/aromatic N) is 1. The second-order valence-electron chi connectivity index (χ2n) is 5.64. The van der Waals surface area contributed by atoms with Gasteiger partial charge >= 0.3 is 0 Å². The topological polar surface area (TPSA) is 24.5 Å². The largest absolute Gasteiger partial charge is 0.494 e. The van der Waals surface area contributed by atoms with Gasteiger partial charge in [0.05, 0.1) is 12.8 Å². The summed E-state index contributed by atoms with van der Waals surface area (Å²) < 4.78 is 5.57. The average Bonchev–Trinajstić information content (AvgIpc) is 2.88. The molecule has 1 N–H and O–H groups in total. The maximum Gasteiger partial charge on any atom is 0.145 e. The lowest BCUT2D eigenvalue weighted by Crippen LogP contribution is -2.28. The Morgan fingerprint density at radius 3 is 2.79 bits per heavy atom. The monoisotopic (exact) mass is 262 g/mol. The number of rotatable bonds is 5. The van der Waals surface area contributed by atoms with E-state index in [2.05, 4.69) is 43.2 Å². The predicted molar refractivity (Wildman–Crippen MR) is 81.4 cm³/mol. The van der Waals surface area contributed by atoms with Gasteiger partial charge in [0.15, 0.2) is 0 Å². The van der Waals surface area contributed by atoms with Crippen molar-refractivity contribution >= 4 is 5.69 Å². The van der Waals surface area contributed by atoms with Crippen LogP contribution in [0.1, 0.15) is 30.4 Å². The summed E-state index contributed by atoms with van der Waals surface area (Å²) in [6, 6.07) is 5.09. The molecule has 1 atom stereocenters. The Labute approximate surface area is 116 Å². The second kappa shape index (κ2) is 6.29. The number of hydrogen-bond acceptors (Lipinski definition) is 3. The summed E-state index contributed by atoms with van der Waals surface area (Å²) in [6.45, 7) is 6.50. The van der Waals surface area contributed by atoms with Gasteiger partial charge in [-0.3, -0.25) is 0 Å². The Balaban J connectivity index is 2.06. The molecule has 1 saturated heterocycles. The fourth-order valence-electron chi connectivity index (χ4n) is 2.95. The fraction of sp³-hybridized carbons (Fsp3) is 0.625. The first kappa shape index (κ1) is 14.2. The van der Waals surface area contributed by atoms with Gasteiger partial charge in [-0.1, -0.05) is 6.07 Å². The molecule has 1 aliphatic rings. The van der Waals surface area contributed by atoms with Crippen LogP contribution >= 0.6 is 0 Å². The third-order valence-electron chi connectivity index (χ3n) is 3.99. The molecule has 1 heterocycles. The third-order valence-corrected chi connectivity index (χ3v) is 3.99. The third kappa shape index (κ3) is 3.41. The van der Waals surface area contributed by atoms with E-state index >= 15 is 0 Å². The molecule has 1 aliphatic heterocycles. The summed E-state index contributed by atoms with van der Waals surface area (Å²) in [7, 11) is 3.92. The molecule has 1 fully saturated rings. The molecule has 1 aromatic rings. The standard InChI is InChI=1S/C16H26N2O/c1-12-10-13(2)16(19-4)15(11-12)18(3)9-7-14-6-5-8-17-14/h10-11,14,17H,5-9H2,1-4H3. The molecule has 1 unspecified atom stereocenters. The minimum atomic E-state index is 0.694. The van der Waals surface area contributed by atoms with E-state index in [4.69, 9.17) is 4.74 Å². The van der Waals surface area contributed by atoms with Crippen molar-refractivity contribution in [3.8, 4) is 5.75 Å². The lowest BCUT2D eigenvalue weighted by atomic mass is 10.1. The Morgan fingerprint density at radius 2 is 2.16 bits per heavy atom. The normalized spacial score (nSPS) is 18.6. The van der Waals surface area contributed by atoms with Gasteiger partial charge < -0.3 is 15.0 Å². The van der Waals surface area contributed by atoms with Crippen LogP contribution in [0.15, 0.2) is 12.1 Å². The van der Waals surface area contributed by atoms with Crippen molar-refractivity contribution in [2.75, 3.05) is 32.1 Å². The lowest BCUT2D eigenvalue weighted by molar-refractivity contribution is 0.411. The second-order valence-corrected chi connectivity index (χ2v) is 5.64. The number of anilines is 1. The number of ether oxygens (including phenoxy) is 1. The highest BCUT2D eigenvalue weighted by Gasteiger charge is 2.16. The zero-order valence-corrected chi connectivity index (χ0v) is 12.6. The van der Waals surface area contributed by atoms with Crippen LogP contribution in [0.5, 0.6) is 5.75 Å². The van der Waals surface area contributed by atoms with Gasteiger partial charge in [0.2, 0.25) is 0 Å². The molecule has 3 nitrogen and oxygen atoms in total. The van der Waals surface area contributed by atoms with Crippen molar-refractivity contribution in [3.63, 3.8) is 0 Å². The van der Waals surface area contributed by atoms with E-state index in [-0.39, 0.29) is 0 Å². The number of benzene rings is 1. The van der Waals surface area contributed by atoms with E-state index < -0.39 is 0 Å². The first-order valence-electron chi connectivity index (χ1n) is 7.21. The van der Waals surface area contributed by atoms with E-state index in [1.807, 2.05) is 0 Å². The summed E-state index contributed by atoms with van der Waals surface area (Å²) in [5.41, 5.74) is 3.71. The first-order valence-corrected chi connectivity index (χ1v) is 7.21. The molecule has 0 aromatic heterocycles. The fourth-order valence-corrected chi connectivity index (χ4v) is 2.95. The molecule has 3 heteroatoms. The van der Waals surface area contributed by atoms with Crippen LogP contribution in [0.4, 0.5) is 5.69 Å². The zero-order valence-electron chi connectivity index (χ0n) is 12.6. The van der Waals surface area contributed by atoms with Crippen LogP contribution in [0.3, 0.4) is 0 Å². The Hall–Kier alpha value is -1.22. The van der Waals surface area contributed by atoms with Gasteiger partial charge in [0.1, 0.15) is 5.75 Å². The molecular weight excluding hydrogens is 236 g/mol. The molecular formula is C16H26N2O. The Kier molecular flexibility index (Phi) is 4.70. The van der Waals surface area contributed by atoms with Gasteiger partial charge in [-0.25, -0.2) is 0 Å². The summed E-state index contributed by atoms with van der Waals surface area (Å²) in [5, 5.41) is 3.56. The predicted octanol–water partition coefficient (Wildman–Crippen LogP) is 2.89. The van der Waals surface area contributed by atoms with Crippen molar-refractivity contribution in [1.29, 1.82) is 0 Å². The summed E-state index contributed by atoms with van der Waals surface area (Å²) >= 11 is 0. The highest BCUT2D eigenvalue weighted by atomic mass is 16.5. The van der Waals surface area contributed by atoms with Crippen LogP contribution in [-0.4, -0.2) is 33.3 Å². The molecule has 0 saturated carbocycles. The minimum Gasteiger partial charge on any atom is -0.494 e. The molecule has 0 spiro atoms. The van der Waals surface area contributed by atoms with Crippen LogP contribution in [0.25, 0.3) is 0 Å². The highest BCUT2D eigenvalue weighted by molar-refractivity contribution is 5.63. The van der Waals surface area contributed by atoms with Crippen molar-refractivity contribution in [1.82, 2.24) is 5.32 Å². The quantitative estimate of drug-likeness (QED) is 0.883. The van der Waals surface area contributed by atoms with Gasteiger partial charge in [-0.2, -0.15) is 0 Å². The van der Waals surface area contributed by atoms with Crippen LogP contribution in [0.2, 0.25) is 0 Å². The Bertz CT molecular complexity index is 425. The number of aryl methyl sites for hydroxylation is 2. The Morgan fingerprint density at radius 1 is 1.37 bits per heavy atom. The maximum absolute atomic E-state index is 5.57.